The van der Waals surface area contributed by atoms with Crippen LogP contribution in [-0.4, -0.2) is 16.1 Å². The third-order valence-electron chi connectivity index (χ3n) is 2.57. The van der Waals surface area contributed by atoms with Crippen LogP contribution in [0.15, 0.2) is 42.7 Å². The van der Waals surface area contributed by atoms with E-state index in [4.69, 9.17) is 5.11 Å². The Morgan fingerprint density at radius 2 is 1.74 bits per heavy atom. The van der Waals surface area contributed by atoms with Crippen LogP contribution in [0, 0.1) is 0 Å². The molecule has 1 heterocycles. The summed E-state index contributed by atoms with van der Waals surface area (Å²) in [6, 6.07) is 5.77. The van der Waals surface area contributed by atoms with E-state index in [9.17, 15) is 18.0 Å². The van der Waals surface area contributed by atoms with E-state index in [0.717, 1.165) is 18.3 Å². The van der Waals surface area contributed by atoms with Gasteiger partial charge in [0.25, 0.3) is 0 Å². The van der Waals surface area contributed by atoms with Crippen molar-refractivity contribution < 1.29 is 23.1 Å². The fourth-order valence-electron chi connectivity index (χ4n) is 1.66. The number of hydrogen-bond donors (Lipinski definition) is 1. The number of rotatable bonds is 2. The number of carboxylic acid groups (broad SMARTS) is 1. The maximum Gasteiger partial charge on any atom is 0.416 e. The summed E-state index contributed by atoms with van der Waals surface area (Å²) in [6.07, 6.45) is -1.86. The molecule has 0 aliphatic carbocycles. The summed E-state index contributed by atoms with van der Waals surface area (Å²) in [4.78, 5) is 14.7. The molecule has 0 saturated heterocycles. The van der Waals surface area contributed by atoms with Gasteiger partial charge in [-0.25, -0.2) is 4.79 Å². The van der Waals surface area contributed by atoms with E-state index >= 15 is 0 Å². The Hall–Kier alpha value is -2.37. The Balaban J connectivity index is 2.46. The lowest BCUT2D eigenvalue weighted by Gasteiger charge is -2.09. The van der Waals surface area contributed by atoms with E-state index in [0.29, 0.717) is 11.1 Å². The molecular weight excluding hydrogens is 259 g/mol. The minimum absolute atomic E-state index is 0.0535. The summed E-state index contributed by atoms with van der Waals surface area (Å²) in [5.74, 6) is -1.18. The van der Waals surface area contributed by atoms with Gasteiger partial charge in [0.2, 0.25) is 0 Å². The van der Waals surface area contributed by atoms with E-state index in [2.05, 4.69) is 4.98 Å². The molecule has 19 heavy (non-hydrogen) atoms. The molecule has 0 fully saturated rings. The second kappa shape index (κ2) is 4.72. The lowest BCUT2D eigenvalue weighted by molar-refractivity contribution is -0.137. The van der Waals surface area contributed by atoms with Gasteiger partial charge >= 0.3 is 12.1 Å². The summed E-state index contributed by atoms with van der Waals surface area (Å²) >= 11 is 0. The molecule has 3 nitrogen and oxygen atoms in total. The Morgan fingerprint density at radius 3 is 2.26 bits per heavy atom. The topological polar surface area (TPSA) is 50.2 Å². The van der Waals surface area contributed by atoms with Crippen molar-refractivity contribution in [2.75, 3.05) is 0 Å². The second-order valence-corrected chi connectivity index (χ2v) is 3.80. The van der Waals surface area contributed by atoms with Gasteiger partial charge in [-0.1, -0.05) is 12.1 Å². The Morgan fingerprint density at radius 1 is 1.11 bits per heavy atom. The zero-order chi connectivity index (χ0) is 14.0. The zero-order valence-electron chi connectivity index (χ0n) is 9.48. The minimum Gasteiger partial charge on any atom is -0.478 e. The monoisotopic (exact) mass is 267 g/mol. The van der Waals surface area contributed by atoms with Crippen LogP contribution in [0.25, 0.3) is 11.1 Å². The van der Waals surface area contributed by atoms with E-state index in [1.54, 1.807) is 0 Å². The fourth-order valence-corrected chi connectivity index (χ4v) is 1.66. The lowest BCUT2D eigenvalue weighted by atomic mass is 10.0. The van der Waals surface area contributed by atoms with Crippen molar-refractivity contribution in [3.63, 3.8) is 0 Å². The molecule has 0 aliphatic heterocycles. The molecule has 0 aliphatic rings. The molecule has 6 heteroatoms. The van der Waals surface area contributed by atoms with Crippen LogP contribution in [0.3, 0.4) is 0 Å². The number of carboxylic acids is 1. The highest BCUT2D eigenvalue weighted by Gasteiger charge is 2.30. The summed E-state index contributed by atoms with van der Waals surface area (Å²) in [5, 5.41) is 8.99. The van der Waals surface area contributed by atoms with Gasteiger partial charge in [-0.2, -0.15) is 13.2 Å². The summed E-state index contributed by atoms with van der Waals surface area (Å²) in [5.41, 5.74) is -0.103. The predicted octanol–water partition coefficient (Wildman–Crippen LogP) is 3.47. The van der Waals surface area contributed by atoms with Crippen LogP contribution >= 0.6 is 0 Å². The van der Waals surface area contributed by atoms with E-state index in [-0.39, 0.29) is 5.56 Å². The molecule has 1 aromatic heterocycles. The van der Waals surface area contributed by atoms with Gasteiger partial charge < -0.3 is 5.11 Å². The van der Waals surface area contributed by atoms with Gasteiger partial charge in [0.05, 0.1) is 11.1 Å². The average Bonchev–Trinajstić information content (AvgIpc) is 2.38. The van der Waals surface area contributed by atoms with Gasteiger partial charge in [0.15, 0.2) is 0 Å². The van der Waals surface area contributed by atoms with Crippen molar-refractivity contribution in [2.45, 2.75) is 6.18 Å². The molecule has 1 aromatic carbocycles. The lowest BCUT2D eigenvalue weighted by Crippen LogP contribution is -2.04. The predicted molar refractivity (Wildman–Crippen MR) is 61.6 cm³/mol. The third-order valence-corrected chi connectivity index (χ3v) is 2.57. The first-order chi connectivity index (χ1) is 8.89. The quantitative estimate of drug-likeness (QED) is 0.906. The molecule has 98 valence electrons. The Bertz CT molecular complexity index is 606. The maximum absolute atomic E-state index is 12.4. The first-order valence-corrected chi connectivity index (χ1v) is 5.24. The van der Waals surface area contributed by atoms with Crippen molar-refractivity contribution in [3.8, 4) is 11.1 Å². The second-order valence-electron chi connectivity index (χ2n) is 3.80. The number of aromatic nitrogens is 1. The molecule has 1 N–H and O–H groups in total. The number of halogens is 3. The minimum atomic E-state index is -4.41. The number of hydrogen-bond acceptors (Lipinski definition) is 2. The number of pyridine rings is 1. The first kappa shape index (κ1) is 13.1. The van der Waals surface area contributed by atoms with E-state index in [1.165, 1.54) is 24.4 Å². The van der Waals surface area contributed by atoms with Crippen LogP contribution in [-0.2, 0) is 6.18 Å². The standard InChI is InChI=1S/C13H8F3NO2/c14-13(15,16)9-3-1-8(2-4-9)10-5-6-17-7-11(10)12(18)19/h1-7H,(H,18,19). The smallest absolute Gasteiger partial charge is 0.416 e. The highest BCUT2D eigenvalue weighted by Crippen LogP contribution is 2.31. The largest absolute Gasteiger partial charge is 0.478 e. The van der Waals surface area contributed by atoms with Gasteiger partial charge in [-0.3, -0.25) is 4.98 Å². The molecule has 0 atom stereocenters. The molecule has 0 saturated carbocycles. The first-order valence-electron chi connectivity index (χ1n) is 5.24. The maximum atomic E-state index is 12.4. The van der Waals surface area contributed by atoms with Gasteiger partial charge in [-0.15, -0.1) is 0 Å². The van der Waals surface area contributed by atoms with Crippen molar-refractivity contribution in [1.29, 1.82) is 0 Å². The van der Waals surface area contributed by atoms with Crippen molar-refractivity contribution in [1.82, 2.24) is 4.98 Å². The van der Waals surface area contributed by atoms with Gasteiger partial charge in [-0.05, 0) is 29.3 Å². The van der Waals surface area contributed by atoms with Crippen LogP contribution in [0.1, 0.15) is 15.9 Å². The number of carbonyl (C=O) groups is 1. The molecule has 0 unspecified atom stereocenters. The summed E-state index contributed by atoms with van der Waals surface area (Å²) < 4.78 is 37.3. The molecule has 0 amide bonds. The highest BCUT2D eigenvalue weighted by molar-refractivity contribution is 5.95. The van der Waals surface area contributed by atoms with Crippen LogP contribution in [0.4, 0.5) is 13.2 Å². The van der Waals surface area contributed by atoms with Crippen LogP contribution in [0.2, 0.25) is 0 Å². The van der Waals surface area contributed by atoms with Gasteiger partial charge in [0, 0.05) is 12.4 Å². The Labute approximate surface area is 106 Å². The summed E-state index contributed by atoms with van der Waals surface area (Å²) in [6.45, 7) is 0. The Kier molecular flexibility index (Phi) is 3.25. The van der Waals surface area contributed by atoms with Gasteiger partial charge in [0.1, 0.15) is 0 Å². The fraction of sp³-hybridized carbons (Fsp3) is 0.0769. The highest BCUT2D eigenvalue weighted by atomic mass is 19.4. The molecule has 2 rings (SSSR count). The molecule has 0 bridgehead atoms. The number of benzene rings is 1. The number of nitrogens with zero attached hydrogens (tertiary/aromatic N) is 1. The molecule has 0 radical (unpaired) electrons. The average molecular weight is 267 g/mol. The van der Waals surface area contributed by atoms with Crippen molar-refractivity contribution in [2.24, 2.45) is 0 Å². The normalized spacial score (nSPS) is 11.3. The molecule has 0 spiro atoms. The van der Waals surface area contributed by atoms with Crippen LogP contribution in [0.5, 0.6) is 0 Å². The number of alkyl halides is 3. The van der Waals surface area contributed by atoms with Crippen molar-refractivity contribution >= 4 is 5.97 Å². The zero-order valence-corrected chi connectivity index (χ0v) is 9.48. The van der Waals surface area contributed by atoms with Crippen LogP contribution < -0.4 is 0 Å². The third kappa shape index (κ3) is 2.73. The van der Waals surface area contributed by atoms with E-state index < -0.39 is 17.7 Å². The SMILES string of the molecule is O=C(O)c1cnccc1-c1ccc(C(F)(F)F)cc1. The number of aromatic carboxylic acids is 1. The van der Waals surface area contributed by atoms with E-state index in [1.807, 2.05) is 0 Å². The summed E-state index contributed by atoms with van der Waals surface area (Å²) in [7, 11) is 0. The molecule has 2 aromatic rings. The molecular formula is C13H8F3NO2. The van der Waals surface area contributed by atoms with Crippen molar-refractivity contribution in [3.05, 3.63) is 53.9 Å².